The van der Waals surface area contributed by atoms with Crippen molar-refractivity contribution in [2.24, 2.45) is 11.7 Å². The summed E-state index contributed by atoms with van der Waals surface area (Å²) in [6, 6.07) is -0.191. The molecule has 2 unspecified atom stereocenters. The Labute approximate surface area is 116 Å². The number of hydrogen-bond donors (Lipinski definition) is 1. The average molecular weight is 312 g/mol. The van der Waals surface area contributed by atoms with E-state index in [9.17, 15) is 16.8 Å². The number of piperidine rings is 1. The van der Waals surface area contributed by atoms with Crippen molar-refractivity contribution in [3.05, 3.63) is 0 Å². The van der Waals surface area contributed by atoms with E-state index in [4.69, 9.17) is 5.73 Å². The maximum Gasteiger partial charge on any atom is 0.215 e. The molecule has 0 spiro atoms. The maximum absolute atomic E-state index is 12.2. The van der Waals surface area contributed by atoms with Gasteiger partial charge in [-0.25, -0.2) is 16.8 Å². The molecule has 0 aromatic carbocycles. The van der Waals surface area contributed by atoms with Gasteiger partial charge in [0.1, 0.15) is 9.84 Å². The molecule has 0 bridgehead atoms. The number of sulfone groups is 1. The lowest BCUT2D eigenvalue weighted by molar-refractivity contribution is 0.198. The predicted molar refractivity (Wildman–Crippen MR) is 76.1 cm³/mol. The summed E-state index contributed by atoms with van der Waals surface area (Å²) in [4.78, 5) is 0. The Balaban J connectivity index is 2.77. The van der Waals surface area contributed by atoms with E-state index in [2.05, 4.69) is 6.92 Å². The molecule has 1 aliphatic rings. The highest BCUT2D eigenvalue weighted by Gasteiger charge is 2.34. The molecule has 2 N–H and O–H groups in total. The lowest BCUT2D eigenvalue weighted by atomic mass is 9.90. The van der Waals surface area contributed by atoms with E-state index in [0.29, 0.717) is 12.5 Å². The summed E-state index contributed by atoms with van der Waals surface area (Å²) in [5.41, 5.74) is 5.66. The molecular formula is C11H24N2O4S2. The molecular weight excluding hydrogens is 288 g/mol. The fraction of sp³-hybridized carbons (Fsp3) is 1.00. The zero-order chi connectivity index (χ0) is 14.7. The normalized spacial score (nSPS) is 26.5. The predicted octanol–water partition coefficient (Wildman–Crippen LogP) is -0.190. The van der Waals surface area contributed by atoms with Gasteiger partial charge in [0.2, 0.25) is 10.0 Å². The highest BCUT2D eigenvalue weighted by Crippen LogP contribution is 2.27. The van der Waals surface area contributed by atoms with E-state index < -0.39 is 19.9 Å². The second-order valence-corrected chi connectivity index (χ2v) is 9.55. The second-order valence-electron chi connectivity index (χ2n) is 5.24. The Hall–Kier alpha value is -0.180. The largest absolute Gasteiger partial charge is 0.329 e. The van der Waals surface area contributed by atoms with Crippen molar-refractivity contribution >= 4 is 19.9 Å². The summed E-state index contributed by atoms with van der Waals surface area (Å²) in [6.45, 7) is 2.83. The van der Waals surface area contributed by atoms with Crippen LogP contribution in [0.1, 0.15) is 26.2 Å². The molecule has 2 atom stereocenters. The van der Waals surface area contributed by atoms with Crippen LogP contribution in [0.4, 0.5) is 0 Å². The van der Waals surface area contributed by atoms with Gasteiger partial charge in [0.15, 0.2) is 0 Å². The number of nitrogens with two attached hydrogens (primary N) is 1. The van der Waals surface area contributed by atoms with Crippen LogP contribution in [0.15, 0.2) is 0 Å². The van der Waals surface area contributed by atoms with Crippen LogP contribution in [0, 0.1) is 5.92 Å². The minimum absolute atomic E-state index is 0.191. The lowest BCUT2D eigenvalue weighted by Crippen LogP contribution is -2.50. The first-order valence-corrected chi connectivity index (χ1v) is 10.2. The first-order valence-electron chi connectivity index (χ1n) is 6.57. The van der Waals surface area contributed by atoms with Gasteiger partial charge in [0.25, 0.3) is 0 Å². The van der Waals surface area contributed by atoms with E-state index in [0.717, 1.165) is 25.5 Å². The molecule has 6 nitrogen and oxygen atoms in total. The zero-order valence-corrected chi connectivity index (χ0v) is 13.2. The molecule has 19 heavy (non-hydrogen) atoms. The van der Waals surface area contributed by atoms with Crippen LogP contribution in [0.2, 0.25) is 0 Å². The van der Waals surface area contributed by atoms with Crippen LogP contribution in [-0.4, -0.2) is 58.0 Å². The van der Waals surface area contributed by atoms with Crippen molar-refractivity contribution in [2.45, 2.75) is 32.2 Å². The summed E-state index contributed by atoms with van der Waals surface area (Å²) in [7, 11) is -6.81. The van der Waals surface area contributed by atoms with Crippen molar-refractivity contribution < 1.29 is 16.8 Å². The summed E-state index contributed by atoms with van der Waals surface area (Å²) in [5.74, 6) is -0.172. The van der Waals surface area contributed by atoms with Crippen molar-refractivity contribution in [2.75, 3.05) is 30.9 Å². The van der Waals surface area contributed by atoms with Gasteiger partial charge in [0, 0.05) is 25.4 Å². The first kappa shape index (κ1) is 16.9. The maximum atomic E-state index is 12.2. The molecule has 0 amide bonds. The second kappa shape index (κ2) is 6.51. The van der Waals surface area contributed by atoms with Gasteiger partial charge in [0.05, 0.1) is 11.5 Å². The topological polar surface area (TPSA) is 97.5 Å². The van der Waals surface area contributed by atoms with Crippen LogP contribution in [0.5, 0.6) is 0 Å². The Morgan fingerprint density at radius 3 is 2.32 bits per heavy atom. The summed E-state index contributed by atoms with van der Waals surface area (Å²) >= 11 is 0. The third kappa shape index (κ3) is 5.02. The molecule has 1 heterocycles. The van der Waals surface area contributed by atoms with Crippen LogP contribution < -0.4 is 5.73 Å². The van der Waals surface area contributed by atoms with Gasteiger partial charge in [-0.15, -0.1) is 0 Å². The van der Waals surface area contributed by atoms with Crippen molar-refractivity contribution in [1.82, 2.24) is 4.31 Å². The molecule has 0 radical (unpaired) electrons. The molecule has 0 aromatic rings. The number of nitrogens with zero attached hydrogens (tertiary/aromatic N) is 1. The molecule has 1 rings (SSSR count). The third-order valence-corrected chi connectivity index (χ3v) is 6.81. The summed E-state index contributed by atoms with van der Waals surface area (Å²) in [6.07, 6.45) is 3.66. The zero-order valence-electron chi connectivity index (χ0n) is 11.6. The number of rotatable bonds is 6. The quantitative estimate of drug-likeness (QED) is 0.733. The molecule has 0 aliphatic carbocycles. The molecule has 0 saturated carbocycles. The van der Waals surface area contributed by atoms with Crippen LogP contribution in [0.25, 0.3) is 0 Å². The van der Waals surface area contributed by atoms with Crippen LogP contribution in [-0.2, 0) is 19.9 Å². The lowest BCUT2D eigenvalue weighted by Gasteiger charge is -2.37. The number of hydrogen-bond acceptors (Lipinski definition) is 5. The third-order valence-electron chi connectivity index (χ3n) is 3.69. The molecule has 1 fully saturated rings. The Bertz CT molecular complexity index is 487. The van der Waals surface area contributed by atoms with E-state index in [1.165, 1.54) is 4.31 Å². The summed E-state index contributed by atoms with van der Waals surface area (Å²) in [5, 5.41) is 0. The Kier molecular flexibility index (Phi) is 5.78. The minimum atomic E-state index is -3.54. The van der Waals surface area contributed by atoms with Crippen molar-refractivity contribution in [1.29, 1.82) is 0 Å². The highest BCUT2D eigenvalue weighted by molar-refractivity contribution is 7.93. The first-order chi connectivity index (χ1) is 8.69. The molecule has 0 aromatic heterocycles. The van der Waals surface area contributed by atoms with Gasteiger partial charge in [-0.05, 0) is 18.8 Å². The van der Waals surface area contributed by atoms with E-state index in [1.54, 1.807) is 0 Å². The molecule has 114 valence electrons. The van der Waals surface area contributed by atoms with Crippen LogP contribution >= 0.6 is 0 Å². The highest BCUT2D eigenvalue weighted by atomic mass is 32.2. The van der Waals surface area contributed by atoms with Crippen molar-refractivity contribution in [3.63, 3.8) is 0 Å². The van der Waals surface area contributed by atoms with E-state index in [-0.39, 0.29) is 24.1 Å². The molecule has 1 saturated heterocycles. The SMILES string of the molecule is CCC1CCN(S(=O)(=O)CCS(C)(=O)=O)C(CN)C1. The fourth-order valence-electron chi connectivity index (χ4n) is 2.44. The van der Waals surface area contributed by atoms with E-state index in [1.807, 2.05) is 0 Å². The monoisotopic (exact) mass is 312 g/mol. The average Bonchev–Trinajstić information content (AvgIpc) is 2.35. The van der Waals surface area contributed by atoms with E-state index >= 15 is 0 Å². The van der Waals surface area contributed by atoms with Gasteiger partial charge < -0.3 is 5.73 Å². The Morgan fingerprint density at radius 1 is 1.21 bits per heavy atom. The van der Waals surface area contributed by atoms with Gasteiger partial charge in [-0.1, -0.05) is 13.3 Å². The fourth-order valence-corrected chi connectivity index (χ4v) is 5.74. The van der Waals surface area contributed by atoms with Gasteiger partial charge >= 0.3 is 0 Å². The molecule has 1 aliphatic heterocycles. The minimum Gasteiger partial charge on any atom is -0.329 e. The number of sulfonamides is 1. The van der Waals surface area contributed by atoms with Crippen LogP contribution in [0.3, 0.4) is 0 Å². The van der Waals surface area contributed by atoms with Gasteiger partial charge in [-0.3, -0.25) is 0 Å². The standard InChI is InChI=1S/C11H24N2O4S2/c1-3-10-4-5-13(11(8-10)9-12)19(16,17)7-6-18(2,14)15/h10-11H,3-9,12H2,1-2H3. The van der Waals surface area contributed by atoms with Crippen molar-refractivity contribution in [3.8, 4) is 0 Å². The van der Waals surface area contributed by atoms with Gasteiger partial charge in [-0.2, -0.15) is 4.31 Å². The molecule has 8 heteroatoms. The smallest absolute Gasteiger partial charge is 0.215 e. The summed E-state index contributed by atoms with van der Waals surface area (Å²) < 4.78 is 48.0. The Morgan fingerprint density at radius 2 is 1.84 bits per heavy atom.